The van der Waals surface area contributed by atoms with E-state index in [2.05, 4.69) is 9.97 Å². The summed E-state index contributed by atoms with van der Waals surface area (Å²) >= 11 is 0. The summed E-state index contributed by atoms with van der Waals surface area (Å²) in [4.78, 5) is 20.8. The van der Waals surface area contributed by atoms with Gasteiger partial charge in [-0.15, -0.1) is 0 Å². The van der Waals surface area contributed by atoms with Crippen LogP contribution in [0.3, 0.4) is 0 Å². The van der Waals surface area contributed by atoms with E-state index in [0.29, 0.717) is 49.1 Å². The van der Waals surface area contributed by atoms with E-state index in [1.165, 1.54) is 6.07 Å². The van der Waals surface area contributed by atoms with Gasteiger partial charge in [-0.2, -0.15) is 13.2 Å². The maximum absolute atomic E-state index is 13.1. The average molecular weight is 462 g/mol. The van der Waals surface area contributed by atoms with Crippen molar-refractivity contribution in [1.82, 2.24) is 14.5 Å². The molecule has 0 amide bonds. The molecule has 0 saturated carbocycles. The van der Waals surface area contributed by atoms with Crippen LogP contribution in [0.5, 0.6) is 0 Å². The summed E-state index contributed by atoms with van der Waals surface area (Å²) in [5.74, 6) is 0.851. The molecule has 1 N–H and O–H groups in total. The lowest BCUT2D eigenvalue weighted by Crippen LogP contribution is -2.25. The average Bonchev–Trinajstić information content (AvgIpc) is 3.07. The molecule has 0 radical (unpaired) electrons. The Morgan fingerprint density at radius 1 is 1.06 bits per heavy atom. The SMILES string of the molecule is CC(C)Cn1c(CCCCC(=O)C[C@](C)(O)c2ccccc2)nc2ccc(C(F)(F)F)nc21. The van der Waals surface area contributed by atoms with Crippen molar-refractivity contribution in [1.29, 1.82) is 0 Å². The van der Waals surface area contributed by atoms with Crippen LogP contribution in [0, 0.1) is 5.92 Å². The largest absolute Gasteiger partial charge is 0.433 e. The maximum Gasteiger partial charge on any atom is 0.433 e. The monoisotopic (exact) mass is 461 g/mol. The smallest absolute Gasteiger partial charge is 0.385 e. The Bertz CT molecular complexity index is 1090. The number of imidazole rings is 1. The number of aryl methyl sites for hydroxylation is 1. The van der Waals surface area contributed by atoms with Gasteiger partial charge in [0, 0.05) is 25.8 Å². The molecule has 178 valence electrons. The fraction of sp³-hybridized carbons (Fsp3) is 0.480. The van der Waals surface area contributed by atoms with Crippen molar-refractivity contribution in [3.63, 3.8) is 0 Å². The Morgan fingerprint density at radius 2 is 1.76 bits per heavy atom. The second kappa shape index (κ2) is 10.0. The van der Waals surface area contributed by atoms with Gasteiger partial charge in [0.1, 0.15) is 22.8 Å². The van der Waals surface area contributed by atoms with Crippen LogP contribution in [-0.2, 0) is 29.5 Å². The number of nitrogens with zero attached hydrogens (tertiary/aromatic N) is 3. The third-order valence-electron chi connectivity index (χ3n) is 5.55. The summed E-state index contributed by atoms with van der Waals surface area (Å²) in [7, 11) is 0. The van der Waals surface area contributed by atoms with Crippen LogP contribution in [0.2, 0.25) is 0 Å². The first-order valence-corrected chi connectivity index (χ1v) is 11.2. The van der Waals surface area contributed by atoms with Crippen molar-refractivity contribution in [3.8, 4) is 0 Å². The summed E-state index contributed by atoms with van der Waals surface area (Å²) in [5, 5.41) is 10.7. The number of hydrogen-bond acceptors (Lipinski definition) is 4. The molecule has 0 aliphatic heterocycles. The van der Waals surface area contributed by atoms with E-state index in [0.717, 1.165) is 6.07 Å². The number of hydrogen-bond donors (Lipinski definition) is 1. The number of fused-ring (bicyclic) bond motifs is 1. The molecule has 0 saturated heterocycles. The molecule has 0 aliphatic carbocycles. The molecule has 0 aliphatic rings. The Hall–Kier alpha value is -2.74. The van der Waals surface area contributed by atoms with Gasteiger partial charge >= 0.3 is 6.18 Å². The predicted octanol–water partition coefficient (Wildman–Crippen LogP) is 5.69. The standard InChI is InChI=1S/C25H30F3N3O2/c1-17(2)16-31-22(29-20-13-14-21(25(26,27)28)30-23(20)31)12-8-7-11-19(32)15-24(3,33)18-9-5-4-6-10-18/h4-6,9-10,13-14,17,33H,7-8,11-12,15-16H2,1-3H3/t24-/m0/s1. The zero-order valence-corrected chi connectivity index (χ0v) is 19.2. The Kier molecular flexibility index (Phi) is 7.57. The van der Waals surface area contributed by atoms with Gasteiger partial charge < -0.3 is 9.67 Å². The first-order valence-electron chi connectivity index (χ1n) is 11.2. The fourth-order valence-electron chi connectivity index (χ4n) is 3.93. The summed E-state index contributed by atoms with van der Waals surface area (Å²) in [5.41, 5.74) is -0.767. The first-order chi connectivity index (χ1) is 15.5. The van der Waals surface area contributed by atoms with Gasteiger partial charge in [-0.05, 0) is 43.4 Å². The third kappa shape index (κ3) is 6.41. The highest BCUT2D eigenvalue weighted by Crippen LogP contribution is 2.30. The highest BCUT2D eigenvalue weighted by Gasteiger charge is 2.33. The summed E-state index contributed by atoms with van der Waals surface area (Å²) in [6.07, 6.45) is -2.35. The lowest BCUT2D eigenvalue weighted by molar-refractivity contribution is -0.141. The van der Waals surface area contributed by atoms with Crippen LogP contribution >= 0.6 is 0 Å². The number of aliphatic hydroxyl groups is 1. The number of carbonyl (C=O) groups excluding carboxylic acids is 1. The molecular formula is C25H30F3N3O2. The minimum atomic E-state index is -4.51. The Morgan fingerprint density at radius 3 is 2.39 bits per heavy atom. The van der Waals surface area contributed by atoms with E-state index in [1.807, 2.05) is 32.0 Å². The highest BCUT2D eigenvalue weighted by molar-refractivity contribution is 5.79. The molecule has 0 spiro atoms. The fourth-order valence-corrected chi connectivity index (χ4v) is 3.93. The van der Waals surface area contributed by atoms with Crippen molar-refractivity contribution in [2.75, 3.05) is 0 Å². The molecule has 1 atom stereocenters. The van der Waals surface area contributed by atoms with Crippen LogP contribution in [0.4, 0.5) is 13.2 Å². The summed E-state index contributed by atoms with van der Waals surface area (Å²) < 4.78 is 41.1. The second-order valence-electron chi connectivity index (χ2n) is 9.13. The molecule has 5 nitrogen and oxygen atoms in total. The van der Waals surface area contributed by atoms with Gasteiger partial charge in [-0.25, -0.2) is 9.97 Å². The topological polar surface area (TPSA) is 68.0 Å². The molecule has 33 heavy (non-hydrogen) atoms. The first kappa shape index (κ1) is 24.9. The molecule has 0 unspecified atom stereocenters. The number of Topliss-reactive ketones (excluding diaryl/α,β-unsaturated/α-hetero) is 1. The van der Waals surface area contributed by atoms with Crippen molar-refractivity contribution in [2.45, 2.75) is 71.2 Å². The van der Waals surface area contributed by atoms with Gasteiger partial charge in [0.25, 0.3) is 0 Å². The van der Waals surface area contributed by atoms with E-state index < -0.39 is 17.5 Å². The number of rotatable bonds is 10. The number of carbonyl (C=O) groups is 1. The van der Waals surface area contributed by atoms with Crippen molar-refractivity contribution >= 4 is 16.9 Å². The molecule has 2 heterocycles. The van der Waals surface area contributed by atoms with Crippen LogP contribution in [-0.4, -0.2) is 25.4 Å². The molecule has 2 aromatic heterocycles. The molecule has 3 aromatic rings. The molecule has 3 rings (SSSR count). The van der Waals surface area contributed by atoms with E-state index in [-0.39, 0.29) is 23.8 Å². The predicted molar refractivity (Wildman–Crippen MR) is 121 cm³/mol. The van der Waals surface area contributed by atoms with E-state index >= 15 is 0 Å². The minimum Gasteiger partial charge on any atom is -0.385 e. The number of pyridine rings is 1. The van der Waals surface area contributed by atoms with Gasteiger partial charge in [-0.1, -0.05) is 44.2 Å². The molecule has 0 bridgehead atoms. The van der Waals surface area contributed by atoms with Crippen molar-refractivity contribution < 1.29 is 23.1 Å². The van der Waals surface area contributed by atoms with Gasteiger partial charge in [-0.3, -0.25) is 4.79 Å². The summed E-state index contributed by atoms with van der Waals surface area (Å²) in [6, 6.07) is 11.4. The maximum atomic E-state index is 13.1. The van der Waals surface area contributed by atoms with Gasteiger partial charge in [0.15, 0.2) is 5.65 Å². The van der Waals surface area contributed by atoms with Crippen LogP contribution < -0.4 is 0 Å². The number of unbranched alkanes of at least 4 members (excludes halogenated alkanes) is 1. The zero-order valence-electron chi connectivity index (χ0n) is 19.2. The van der Waals surface area contributed by atoms with E-state index in [9.17, 15) is 23.1 Å². The minimum absolute atomic E-state index is 0.0315. The summed E-state index contributed by atoms with van der Waals surface area (Å²) in [6.45, 7) is 6.12. The molecular weight excluding hydrogens is 431 g/mol. The third-order valence-corrected chi connectivity index (χ3v) is 5.55. The van der Waals surface area contributed by atoms with Gasteiger partial charge in [0.2, 0.25) is 0 Å². The van der Waals surface area contributed by atoms with Crippen molar-refractivity contribution in [3.05, 3.63) is 59.5 Å². The van der Waals surface area contributed by atoms with Crippen LogP contribution in [0.25, 0.3) is 11.2 Å². The quantitative estimate of drug-likeness (QED) is 0.394. The van der Waals surface area contributed by atoms with Crippen LogP contribution in [0.1, 0.15) is 63.5 Å². The molecule has 8 heteroatoms. The van der Waals surface area contributed by atoms with Gasteiger partial charge in [0.05, 0.1) is 5.60 Å². The molecule has 0 fully saturated rings. The second-order valence-corrected chi connectivity index (χ2v) is 9.13. The number of alkyl halides is 3. The van der Waals surface area contributed by atoms with E-state index in [1.54, 1.807) is 23.6 Å². The number of benzene rings is 1. The number of ketones is 1. The van der Waals surface area contributed by atoms with Crippen LogP contribution in [0.15, 0.2) is 42.5 Å². The lowest BCUT2D eigenvalue weighted by atomic mass is 9.89. The normalized spacial score (nSPS) is 14.1. The highest BCUT2D eigenvalue weighted by atomic mass is 19.4. The van der Waals surface area contributed by atoms with E-state index in [4.69, 9.17) is 0 Å². The Labute approximate surface area is 191 Å². The number of aromatic nitrogens is 3. The van der Waals surface area contributed by atoms with Crippen molar-refractivity contribution in [2.24, 2.45) is 5.92 Å². The zero-order chi connectivity index (χ0) is 24.2. The molecule has 1 aromatic carbocycles. The number of halogens is 3. The Balaban J connectivity index is 1.64. The lowest BCUT2D eigenvalue weighted by Gasteiger charge is -2.23.